The summed E-state index contributed by atoms with van der Waals surface area (Å²) in [5.41, 5.74) is 2.96. The maximum atomic E-state index is 13.0. The van der Waals surface area contributed by atoms with Crippen molar-refractivity contribution in [2.24, 2.45) is 7.05 Å². The molecule has 0 aliphatic heterocycles. The fourth-order valence-corrected chi connectivity index (χ4v) is 3.00. The fraction of sp³-hybridized carbons (Fsp3) is 0.150. The van der Waals surface area contributed by atoms with Gasteiger partial charge in [-0.25, -0.2) is 9.07 Å². The van der Waals surface area contributed by atoms with E-state index in [1.54, 1.807) is 21.5 Å². The Balaban J connectivity index is 1.40. The minimum absolute atomic E-state index is 0.204. The van der Waals surface area contributed by atoms with Crippen molar-refractivity contribution in [3.8, 4) is 5.69 Å². The Hall–Kier alpha value is -3.48. The lowest BCUT2D eigenvalue weighted by molar-refractivity contribution is 0.0950. The number of carbonyl (C=O) groups is 1. The Morgan fingerprint density at radius 1 is 1.07 bits per heavy atom. The van der Waals surface area contributed by atoms with Crippen LogP contribution in [-0.4, -0.2) is 32.0 Å². The van der Waals surface area contributed by atoms with Gasteiger partial charge in [-0.1, -0.05) is 18.2 Å². The number of para-hydroxylation sites is 1. The number of halogens is 1. The molecule has 0 saturated carbocycles. The third-order valence-corrected chi connectivity index (χ3v) is 4.38. The molecule has 2 aromatic carbocycles. The van der Waals surface area contributed by atoms with E-state index >= 15 is 0 Å². The molecule has 0 aliphatic rings. The number of nitrogens with zero attached hydrogens (tertiary/aromatic N) is 4. The van der Waals surface area contributed by atoms with Crippen molar-refractivity contribution in [1.82, 2.24) is 24.9 Å². The first-order chi connectivity index (χ1) is 13.1. The molecule has 4 aromatic rings. The number of amides is 1. The van der Waals surface area contributed by atoms with Crippen LogP contribution in [0.15, 0.2) is 60.8 Å². The molecule has 0 bridgehead atoms. The van der Waals surface area contributed by atoms with Crippen molar-refractivity contribution in [2.45, 2.75) is 6.42 Å². The smallest absolute Gasteiger partial charge is 0.272 e. The predicted molar refractivity (Wildman–Crippen MR) is 100 cm³/mol. The highest BCUT2D eigenvalue weighted by Gasteiger charge is 2.15. The molecule has 136 valence electrons. The van der Waals surface area contributed by atoms with Crippen LogP contribution in [0.5, 0.6) is 0 Å². The molecule has 1 amide bonds. The van der Waals surface area contributed by atoms with E-state index in [1.165, 1.54) is 12.1 Å². The zero-order chi connectivity index (χ0) is 18.8. The second-order valence-corrected chi connectivity index (χ2v) is 6.22. The van der Waals surface area contributed by atoms with Crippen LogP contribution >= 0.6 is 0 Å². The molecule has 0 fully saturated rings. The monoisotopic (exact) mass is 363 g/mol. The number of carbonyl (C=O) groups excluding carboxylic acids is 1. The summed E-state index contributed by atoms with van der Waals surface area (Å²) >= 11 is 0. The topological polar surface area (TPSA) is 64.7 Å². The van der Waals surface area contributed by atoms with E-state index in [9.17, 15) is 9.18 Å². The summed E-state index contributed by atoms with van der Waals surface area (Å²) in [5, 5.41) is 12.5. The van der Waals surface area contributed by atoms with Crippen molar-refractivity contribution < 1.29 is 9.18 Å². The summed E-state index contributed by atoms with van der Waals surface area (Å²) in [6, 6.07) is 15.6. The molecule has 0 atom stereocenters. The lowest BCUT2D eigenvalue weighted by atomic mass is 10.2. The van der Waals surface area contributed by atoms with Gasteiger partial charge in [-0.15, -0.1) is 0 Å². The number of nitrogens with one attached hydrogen (secondary N) is 1. The van der Waals surface area contributed by atoms with E-state index in [1.807, 2.05) is 43.6 Å². The largest absolute Gasteiger partial charge is 0.350 e. The van der Waals surface area contributed by atoms with Gasteiger partial charge >= 0.3 is 0 Å². The van der Waals surface area contributed by atoms with E-state index in [0.717, 1.165) is 22.3 Å². The first-order valence-corrected chi connectivity index (χ1v) is 8.62. The van der Waals surface area contributed by atoms with Crippen LogP contribution in [0, 0.1) is 5.82 Å². The van der Waals surface area contributed by atoms with Crippen molar-refractivity contribution in [3.63, 3.8) is 0 Å². The van der Waals surface area contributed by atoms with Crippen LogP contribution in [0.2, 0.25) is 0 Å². The molecule has 4 rings (SSSR count). The minimum Gasteiger partial charge on any atom is -0.350 e. The van der Waals surface area contributed by atoms with Crippen LogP contribution in [0.25, 0.3) is 16.6 Å². The molecule has 0 spiro atoms. The van der Waals surface area contributed by atoms with Crippen molar-refractivity contribution >= 4 is 16.8 Å². The van der Waals surface area contributed by atoms with Gasteiger partial charge in [0, 0.05) is 31.6 Å². The number of aromatic nitrogens is 4. The quantitative estimate of drug-likeness (QED) is 0.593. The lowest BCUT2D eigenvalue weighted by Gasteiger charge is -2.03. The summed E-state index contributed by atoms with van der Waals surface area (Å²) in [6.07, 6.45) is 2.40. The van der Waals surface area contributed by atoms with Crippen molar-refractivity contribution in [1.29, 1.82) is 0 Å². The van der Waals surface area contributed by atoms with Crippen LogP contribution in [0.1, 0.15) is 16.2 Å². The van der Waals surface area contributed by atoms with Crippen molar-refractivity contribution in [2.75, 3.05) is 6.54 Å². The van der Waals surface area contributed by atoms with Gasteiger partial charge in [-0.3, -0.25) is 9.48 Å². The van der Waals surface area contributed by atoms with Crippen molar-refractivity contribution in [3.05, 3.63) is 78.0 Å². The number of hydrogen-bond donors (Lipinski definition) is 1. The second kappa shape index (κ2) is 7.03. The third-order valence-electron chi connectivity index (χ3n) is 4.38. The van der Waals surface area contributed by atoms with E-state index in [-0.39, 0.29) is 11.7 Å². The van der Waals surface area contributed by atoms with Crippen LogP contribution in [0.3, 0.4) is 0 Å². The molecule has 1 N–H and O–H groups in total. The summed E-state index contributed by atoms with van der Waals surface area (Å²) in [6.45, 7) is 0.449. The number of aryl methyl sites for hydroxylation is 1. The Morgan fingerprint density at radius 2 is 1.85 bits per heavy atom. The molecule has 0 saturated heterocycles. The maximum Gasteiger partial charge on any atom is 0.272 e. The Kier molecular flexibility index (Phi) is 4.42. The molecule has 2 heterocycles. The third kappa shape index (κ3) is 3.44. The van der Waals surface area contributed by atoms with Crippen LogP contribution < -0.4 is 5.32 Å². The summed E-state index contributed by atoms with van der Waals surface area (Å²) in [7, 11) is 1.82. The number of rotatable bonds is 5. The highest BCUT2D eigenvalue weighted by atomic mass is 19.1. The SMILES string of the molecule is Cn1nc(C(=O)NCCc2ccn(-c3ccc(F)cc3)n2)c2ccccc21. The average Bonchev–Trinajstić information content (AvgIpc) is 3.28. The molecule has 6 nitrogen and oxygen atoms in total. The van der Waals surface area contributed by atoms with Gasteiger partial charge in [0.05, 0.1) is 16.9 Å². The van der Waals surface area contributed by atoms with E-state index in [0.29, 0.717) is 18.7 Å². The standard InChI is InChI=1S/C20H18FN5O/c1-25-18-5-3-2-4-17(18)19(24-25)20(27)22-12-10-15-11-13-26(23-15)16-8-6-14(21)7-9-16/h2-9,11,13H,10,12H2,1H3,(H,22,27). The number of fused-ring (bicyclic) bond motifs is 1. The highest BCUT2D eigenvalue weighted by molar-refractivity contribution is 6.04. The van der Waals surface area contributed by atoms with Gasteiger partial charge in [0.25, 0.3) is 5.91 Å². The lowest BCUT2D eigenvalue weighted by Crippen LogP contribution is -2.26. The summed E-state index contributed by atoms with van der Waals surface area (Å²) in [4.78, 5) is 12.5. The summed E-state index contributed by atoms with van der Waals surface area (Å²) < 4.78 is 16.4. The molecule has 0 unspecified atom stereocenters. The summed E-state index contributed by atoms with van der Waals surface area (Å²) in [5.74, 6) is -0.486. The van der Waals surface area contributed by atoms with Gasteiger partial charge in [-0.05, 0) is 36.4 Å². The Labute approximate surface area is 155 Å². The van der Waals surface area contributed by atoms with Gasteiger partial charge in [0.2, 0.25) is 0 Å². The van der Waals surface area contributed by atoms with Crippen LogP contribution in [-0.2, 0) is 13.5 Å². The number of benzene rings is 2. The maximum absolute atomic E-state index is 13.0. The minimum atomic E-state index is -0.282. The van der Waals surface area contributed by atoms with Gasteiger partial charge in [0.1, 0.15) is 5.82 Å². The molecular formula is C20H18FN5O. The Morgan fingerprint density at radius 3 is 2.67 bits per heavy atom. The van der Waals surface area contributed by atoms with E-state index in [2.05, 4.69) is 15.5 Å². The molecule has 27 heavy (non-hydrogen) atoms. The van der Waals surface area contributed by atoms with Gasteiger partial charge < -0.3 is 5.32 Å². The van der Waals surface area contributed by atoms with E-state index in [4.69, 9.17) is 0 Å². The first-order valence-electron chi connectivity index (χ1n) is 8.62. The zero-order valence-electron chi connectivity index (χ0n) is 14.8. The van der Waals surface area contributed by atoms with Gasteiger partial charge in [-0.2, -0.15) is 10.2 Å². The fourth-order valence-electron chi connectivity index (χ4n) is 3.00. The Bertz CT molecular complexity index is 1100. The molecule has 0 aliphatic carbocycles. The highest BCUT2D eigenvalue weighted by Crippen LogP contribution is 2.17. The first kappa shape index (κ1) is 17.0. The predicted octanol–water partition coefficient (Wildman–Crippen LogP) is 2.87. The zero-order valence-corrected chi connectivity index (χ0v) is 14.8. The normalized spacial score (nSPS) is 11.0. The molecular weight excluding hydrogens is 345 g/mol. The van der Waals surface area contributed by atoms with Gasteiger partial charge in [0.15, 0.2) is 5.69 Å². The average molecular weight is 363 g/mol. The van der Waals surface area contributed by atoms with Crippen LogP contribution in [0.4, 0.5) is 4.39 Å². The molecule has 7 heteroatoms. The molecule has 0 radical (unpaired) electrons. The number of hydrogen-bond acceptors (Lipinski definition) is 3. The van der Waals surface area contributed by atoms with E-state index < -0.39 is 0 Å². The second-order valence-electron chi connectivity index (χ2n) is 6.22. The molecule has 2 aromatic heterocycles.